The molecule has 0 saturated carbocycles. The molecule has 1 atom stereocenters. The third-order valence-corrected chi connectivity index (χ3v) is 3.45. The predicted octanol–water partition coefficient (Wildman–Crippen LogP) is 4.42. The summed E-state index contributed by atoms with van der Waals surface area (Å²) in [4.78, 5) is 15.2. The number of nitrogens with one attached hydrogen (secondary N) is 1. The molecule has 0 fully saturated rings. The highest BCUT2D eigenvalue weighted by Crippen LogP contribution is 2.30. The first-order valence-electron chi connectivity index (χ1n) is 7.16. The molecule has 1 unspecified atom stereocenters. The molecular formula is C17H15N3O3. The predicted molar refractivity (Wildman–Crippen MR) is 87.1 cm³/mol. The van der Waals surface area contributed by atoms with E-state index in [0.717, 1.165) is 5.76 Å². The number of nitro groups is 1. The molecule has 0 saturated heterocycles. The van der Waals surface area contributed by atoms with E-state index >= 15 is 0 Å². The van der Waals surface area contributed by atoms with Crippen LogP contribution in [-0.2, 0) is 0 Å². The van der Waals surface area contributed by atoms with Gasteiger partial charge in [0.15, 0.2) is 5.69 Å². The van der Waals surface area contributed by atoms with Crippen LogP contribution < -0.4 is 5.32 Å². The van der Waals surface area contributed by atoms with Crippen LogP contribution in [-0.4, -0.2) is 9.91 Å². The topological polar surface area (TPSA) is 81.2 Å². The summed E-state index contributed by atoms with van der Waals surface area (Å²) in [5, 5.41) is 14.4. The second-order valence-electron chi connectivity index (χ2n) is 5.07. The Hall–Kier alpha value is -3.15. The Balaban J connectivity index is 1.96. The maximum Gasteiger partial charge on any atom is 0.295 e. The van der Waals surface area contributed by atoms with Gasteiger partial charge in [0.05, 0.1) is 17.2 Å². The minimum absolute atomic E-state index is 0.0209. The Kier molecular flexibility index (Phi) is 4.05. The van der Waals surface area contributed by atoms with Gasteiger partial charge in [-0.3, -0.25) is 10.1 Å². The van der Waals surface area contributed by atoms with Gasteiger partial charge in [-0.25, -0.2) is 4.98 Å². The molecule has 0 aliphatic rings. The van der Waals surface area contributed by atoms with Gasteiger partial charge in [-0.15, -0.1) is 0 Å². The molecular weight excluding hydrogens is 294 g/mol. The minimum atomic E-state index is -0.422. The van der Waals surface area contributed by atoms with Crippen molar-refractivity contribution < 1.29 is 9.34 Å². The van der Waals surface area contributed by atoms with Crippen molar-refractivity contribution in [3.05, 3.63) is 76.7 Å². The fourth-order valence-corrected chi connectivity index (χ4v) is 2.32. The monoisotopic (exact) mass is 309 g/mol. The van der Waals surface area contributed by atoms with E-state index in [0.29, 0.717) is 17.1 Å². The van der Waals surface area contributed by atoms with Gasteiger partial charge in [0.2, 0.25) is 0 Å². The molecule has 0 amide bonds. The lowest BCUT2D eigenvalue weighted by Crippen LogP contribution is -2.08. The van der Waals surface area contributed by atoms with Crippen molar-refractivity contribution in [2.24, 2.45) is 0 Å². The van der Waals surface area contributed by atoms with Crippen molar-refractivity contribution >= 4 is 11.5 Å². The lowest BCUT2D eigenvalue weighted by atomic mass is 10.1. The van der Waals surface area contributed by atoms with Crippen LogP contribution in [0.5, 0.6) is 0 Å². The van der Waals surface area contributed by atoms with Gasteiger partial charge in [0.25, 0.3) is 5.69 Å². The Morgan fingerprint density at radius 3 is 2.57 bits per heavy atom. The lowest BCUT2D eigenvalue weighted by molar-refractivity contribution is -0.384. The normalized spacial score (nSPS) is 11.9. The van der Waals surface area contributed by atoms with Crippen molar-refractivity contribution in [2.45, 2.75) is 13.0 Å². The quantitative estimate of drug-likeness (QED) is 0.557. The van der Waals surface area contributed by atoms with Gasteiger partial charge in [-0.2, -0.15) is 0 Å². The molecule has 23 heavy (non-hydrogen) atoms. The minimum Gasteiger partial charge on any atom is -0.467 e. The van der Waals surface area contributed by atoms with Crippen LogP contribution in [0.1, 0.15) is 18.7 Å². The number of hydrogen-bond acceptors (Lipinski definition) is 5. The molecule has 0 aliphatic heterocycles. The van der Waals surface area contributed by atoms with Crippen molar-refractivity contribution in [2.75, 3.05) is 5.32 Å². The van der Waals surface area contributed by atoms with E-state index in [1.807, 2.05) is 37.3 Å². The molecule has 3 rings (SSSR count). The fraction of sp³-hybridized carbons (Fsp3) is 0.118. The zero-order chi connectivity index (χ0) is 16.2. The zero-order valence-electron chi connectivity index (χ0n) is 12.5. The SMILES string of the molecule is CC(Nc1ccc([N+](=O)[O-])c(-c2ccccc2)n1)c1ccco1. The smallest absolute Gasteiger partial charge is 0.295 e. The first-order valence-corrected chi connectivity index (χ1v) is 7.16. The largest absolute Gasteiger partial charge is 0.467 e. The summed E-state index contributed by atoms with van der Waals surface area (Å²) in [6.07, 6.45) is 1.60. The van der Waals surface area contributed by atoms with Gasteiger partial charge < -0.3 is 9.73 Å². The second-order valence-corrected chi connectivity index (χ2v) is 5.07. The van der Waals surface area contributed by atoms with E-state index in [-0.39, 0.29) is 11.7 Å². The summed E-state index contributed by atoms with van der Waals surface area (Å²) in [5.41, 5.74) is 1.02. The second kappa shape index (κ2) is 6.31. The Morgan fingerprint density at radius 1 is 1.13 bits per heavy atom. The summed E-state index contributed by atoms with van der Waals surface area (Å²) < 4.78 is 5.35. The molecule has 0 aliphatic carbocycles. The third kappa shape index (κ3) is 3.21. The van der Waals surface area contributed by atoms with Crippen molar-refractivity contribution in [3.63, 3.8) is 0 Å². The highest BCUT2D eigenvalue weighted by Gasteiger charge is 2.18. The molecule has 0 bridgehead atoms. The highest BCUT2D eigenvalue weighted by molar-refractivity contribution is 5.71. The number of anilines is 1. The molecule has 2 heterocycles. The van der Waals surface area contributed by atoms with E-state index in [4.69, 9.17) is 4.42 Å². The average Bonchev–Trinajstić information content (AvgIpc) is 3.10. The number of furan rings is 1. The highest BCUT2D eigenvalue weighted by atomic mass is 16.6. The molecule has 6 heteroatoms. The van der Waals surface area contributed by atoms with Crippen LogP contribution in [0, 0.1) is 10.1 Å². The molecule has 1 N–H and O–H groups in total. The van der Waals surface area contributed by atoms with Crippen LogP contribution in [0.25, 0.3) is 11.3 Å². The van der Waals surface area contributed by atoms with Crippen LogP contribution in [0.2, 0.25) is 0 Å². The fourth-order valence-electron chi connectivity index (χ4n) is 2.32. The van der Waals surface area contributed by atoms with Crippen LogP contribution in [0.4, 0.5) is 11.5 Å². The van der Waals surface area contributed by atoms with Crippen LogP contribution in [0.15, 0.2) is 65.3 Å². The third-order valence-electron chi connectivity index (χ3n) is 3.45. The summed E-state index contributed by atoms with van der Waals surface area (Å²) >= 11 is 0. The number of pyridine rings is 1. The van der Waals surface area contributed by atoms with Gasteiger partial charge in [0.1, 0.15) is 11.6 Å². The maximum absolute atomic E-state index is 11.2. The summed E-state index contributed by atoms with van der Waals surface area (Å²) in [6.45, 7) is 1.93. The van der Waals surface area contributed by atoms with E-state index in [1.54, 1.807) is 24.5 Å². The average molecular weight is 309 g/mol. The molecule has 6 nitrogen and oxygen atoms in total. The molecule has 0 radical (unpaired) electrons. The Bertz CT molecular complexity index is 801. The summed E-state index contributed by atoms with van der Waals surface area (Å²) in [7, 11) is 0. The maximum atomic E-state index is 11.2. The molecule has 1 aromatic carbocycles. The molecule has 3 aromatic rings. The van der Waals surface area contributed by atoms with E-state index < -0.39 is 4.92 Å². The van der Waals surface area contributed by atoms with Gasteiger partial charge >= 0.3 is 0 Å². The van der Waals surface area contributed by atoms with Crippen molar-refractivity contribution in [3.8, 4) is 11.3 Å². The number of aromatic nitrogens is 1. The summed E-state index contributed by atoms with van der Waals surface area (Å²) in [5.74, 6) is 1.32. The molecule has 0 spiro atoms. The number of hydrogen-bond donors (Lipinski definition) is 1. The van der Waals surface area contributed by atoms with E-state index in [2.05, 4.69) is 10.3 Å². The molecule has 116 valence electrons. The summed E-state index contributed by atoms with van der Waals surface area (Å²) in [6, 6.07) is 15.8. The Labute approximate surface area is 132 Å². The standard InChI is InChI=1S/C17H15N3O3/c1-12(15-8-5-11-23-15)18-16-10-9-14(20(21)22)17(19-16)13-6-3-2-4-7-13/h2-12H,1H3,(H,18,19). The first kappa shape index (κ1) is 14.8. The zero-order valence-corrected chi connectivity index (χ0v) is 12.5. The van der Waals surface area contributed by atoms with Crippen molar-refractivity contribution in [1.82, 2.24) is 4.98 Å². The number of rotatable bonds is 5. The number of benzene rings is 1. The van der Waals surface area contributed by atoms with Gasteiger partial charge in [0, 0.05) is 11.6 Å². The van der Waals surface area contributed by atoms with Crippen LogP contribution in [0.3, 0.4) is 0 Å². The number of nitrogens with zero attached hydrogens (tertiary/aromatic N) is 2. The van der Waals surface area contributed by atoms with Crippen molar-refractivity contribution in [1.29, 1.82) is 0 Å². The lowest BCUT2D eigenvalue weighted by Gasteiger charge is -2.13. The van der Waals surface area contributed by atoms with E-state index in [9.17, 15) is 10.1 Å². The first-order chi connectivity index (χ1) is 11.1. The van der Waals surface area contributed by atoms with Gasteiger partial charge in [-0.05, 0) is 25.1 Å². The van der Waals surface area contributed by atoms with E-state index in [1.165, 1.54) is 6.07 Å². The molecule has 2 aromatic heterocycles. The van der Waals surface area contributed by atoms with Gasteiger partial charge in [-0.1, -0.05) is 30.3 Å². The Morgan fingerprint density at radius 2 is 1.91 bits per heavy atom. The van der Waals surface area contributed by atoms with Crippen LogP contribution >= 0.6 is 0 Å².